The summed E-state index contributed by atoms with van der Waals surface area (Å²) in [6, 6.07) is 14.5. The maximum atomic E-state index is 12.7. The zero-order valence-corrected chi connectivity index (χ0v) is 17.6. The van der Waals surface area contributed by atoms with Crippen molar-refractivity contribution < 1.29 is 19.1 Å². The lowest BCUT2D eigenvalue weighted by molar-refractivity contribution is -0.126. The van der Waals surface area contributed by atoms with Crippen molar-refractivity contribution in [2.45, 2.75) is 6.92 Å². The third-order valence-corrected chi connectivity index (χ3v) is 5.42. The van der Waals surface area contributed by atoms with Gasteiger partial charge in [-0.2, -0.15) is 0 Å². The number of rotatable bonds is 7. The number of amides is 2. The van der Waals surface area contributed by atoms with Crippen LogP contribution >= 0.6 is 24.0 Å². The Hall–Kier alpha value is -2.84. The SMILES string of the molecule is CCOc1ccc(C=C2SC(=S)N(CC(=O)Nc3ccccc3OC)C2=O)cc1. The van der Waals surface area contributed by atoms with Gasteiger partial charge in [0.25, 0.3) is 5.91 Å². The minimum Gasteiger partial charge on any atom is -0.495 e. The standard InChI is InChI=1S/C21H20N2O4S2/c1-3-27-15-10-8-14(9-11-15)12-18-20(25)23(21(28)29-18)13-19(24)22-16-6-4-5-7-17(16)26-2/h4-12H,3,13H2,1-2H3,(H,22,24). The maximum absolute atomic E-state index is 12.7. The molecular weight excluding hydrogens is 408 g/mol. The summed E-state index contributed by atoms with van der Waals surface area (Å²) in [5.41, 5.74) is 1.39. The lowest BCUT2D eigenvalue weighted by Gasteiger charge is -2.15. The molecule has 2 amide bonds. The molecule has 0 aliphatic carbocycles. The molecular formula is C21H20N2O4S2. The van der Waals surface area contributed by atoms with Crippen LogP contribution in [0.3, 0.4) is 0 Å². The molecule has 1 saturated heterocycles. The van der Waals surface area contributed by atoms with Crippen LogP contribution in [0.1, 0.15) is 12.5 Å². The maximum Gasteiger partial charge on any atom is 0.266 e. The highest BCUT2D eigenvalue weighted by atomic mass is 32.2. The molecule has 0 atom stereocenters. The van der Waals surface area contributed by atoms with E-state index >= 15 is 0 Å². The smallest absolute Gasteiger partial charge is 0.266 e. The van der Waals surface area contributed by atoms with Crippen molar-refractivity contribution >= 4 is 51.9 Å². The molecule has 1 aliphatic heterocycles. The second-order valence-electron chi connectivity index (χ2n) is 6.02. The van der Waals surface area contributed by atoms with E-state index in [2.05, 4.69) is 5.32 Å². The van der Waals surface area contributed by atoms with E-state index in [0.29, 0.717) is 27.3 Å². The van der Waals surface area contributed by atoms with E-state index in [1.54, 1.807) is 24.3 Å². The van der Waals surface area contributed by atoms with Gasteiger partial charge in [0, 0.05) is 0 Å². The average molecular weight is 429 g/mol. The minimum atomic E-state index is -0.354. The lowest BCUT2D eigenvalue weighted by Crippen LogP contribution is -2.36. The van der Waals surface area contributed by atoms with Crippen molar-refractivity contribution in [1.29, 1.82) is 0 Å². The summed E-state index contributed by atoms with van der Waals surface area (Å²) in [5, 5.41) is 2.75. The number of ether oxygens (including phenoxy) is 2. The molecule has 2 aromatic carbocycles. The molecule has 0 saturated carbocycles. The third-order valence-electron chi connectivity index (χ3n) is 4.05. The molecule has 6 nitrogen and oxygen atoms in total. The Kier molecular flexibility index (Phi) is 6.90. The number of thioether (sulfide) groups is 1. The molecule has 0 radical (unpaired) electrons. The Morgan fingerprint density at radius 3 is 2.62 bits per heavy atom. The quantitative estimate of drug-likeness (QED) is 0.532. The van der Waals surface area contributed by atoms with Gasteiger partial charge >= 0.3 is 0 Å². The zero-order chi connectivity index (χ0) is 20.8. The number of carbonyl (C=O) groups is 2. The first kappa shape index (κ1) is 20.9. The summed E-state index contributed by atoms with van der Waals surface area (Å²) in [6.07, 6.45) is 1.76. The van der Waals surface area contributed by atoms with Crippen molar-refractivity contribution in [3.63, 3.8) is 0 Å². The van der Waals surface area contributed by atoms with Crippen LogP contribution in [0.4, 0.5) is 5.69 Å². The van der Waals surface area contributed by atoms with Crippen molar-refractivity contribution in [3.05, 3.63) is 59.0 Å². The topological polar surface area (TPSA) is 67.9 Å². The Labute approximate surface area is 178 Å². The van der Waals surface area contributed by atoms with Crippen LogP contribution in [0.15, 0.2) is 53.4 Å². The molecule has 2 aromatic rings. The molecule has 1 N–H and O–H groups in total. The molecule has 3 rings (SSSR count). The molecule has 1 heterocycles. The summed E-state index contributed by atoms with van der Waals surface area (Å²) >= 11 is 6.48. The third kappa shape index (κ3) is 5.16. The summed E-state index contributed by atoms with van der Waals surface area (Å²) in [5.74, 6) is 0.670. The van der Waals surface area contributed by atoms with E-state index in [9.17, 15) is 9.59 Å². The first-order valence-electron chi connectivity index (χ1n) is 8.93. The minimum absolute atomic E-state index is 0.163. The van der Waals surface area contributed by atoms with Gasteiger partial charge in [-0.3, -0.25) is 14.5 Å². The molecule has 0 bridgehead atoms. The Morgan fingerprint density at radius 1 is 1.21 bits per heavy atom. The molecule has 0 aromatic heterocycles. The highest BCUT2D eigenvalue weighted by Gasteiger charge is 2.33. The van der Waals surface area contributed by atoms with Gasteiger partial charge in [0.2, 0.25) is 5.91 Å². The van der Waals surface area contributed by atoms with E-state index in [0.717, 1.165) is 11.3 Å². The number of nitrogens with one attached hydrogen (secondary N) is 1. The number of anilines is 1. The van der Waals surface area contributed by atoms with Crippen LogP contribution < -0.4 is 14.8 Å². The van der Waals surface area contributed by atoms with Crippen LogP contribution in [-0.2, 0) is 9.59 Å². The normalized spacial score (nSPS) is 15.0. The second-order valence-corrected chi connectivity index (χ2v) is 7.69. The molecule has 0 spiro atoms. The van der Waals surface area contributed by atoms with Crippen molar-refractivity contribution in [1.82, 2.24) is 4.90 Å². The average Bonchev–Trinajstić information content (AvgIpc) is 2.97. The Morgan fingerprint density at radius 2 is 1.93 bits per heavy atom. The van der Waals surface area contributed by atoms with Crippen LogP contribution in [-0.4, -0.2) is 41.3 Å². The van der Waals surface area contributed by atoms with Gasteiger partial charge in [0.15, 0.2) is 0 Å². The van der Waals surface area contributed by atoms with E-state index in [1.165, 1.54) is 23.8 Å². The van der Waals surface area contributed by atoms with E-state index < -0.39 is 0 Å². The predicted molar refractivity (Wildman–Crippen MR) is 119 cm³/mol. The van der Waals surface area contributed by atoms with Crippen molar-refractivity contribution in [3.8, 4) is 11.5 Å². The molecule has 8 heteroatoms. The molecule has 1 fully saturated rings. The number of hydrogen-bond donors (Lipinski definition) is 1. The fraction of sp³-hybridized carbons (Fsp3) is 0.190. The monoisotopic (exact) mass is 428 g/mol. The van der Waals surface area contributed by atoms with Crippen LogP contribution in [0, 0.1) is 0 Å². The van der Waals surface area contributed by atoms with Gasteiger partial charge in [0.1, 0.15) is 22.4 Å². The van der Waals surface area contributed by atoms with Gasteiger partial charge in [-0.05, 0) is 42.8 Å². The number of benzene rings is 2. The van der Waals surface area contributed by atoms with Gasteiger partial charge in [-0.25, -0.2) is 0 Å². The van der Waals surface area contributed by atoms with Crippen LogP contribution in [0.25, 0.3) is 6.08 Å². The Balaban J connectivity index is 1.67. The van der Waals surface area contributed by atoms with Gasteiger partial charge < -0.3 is 14.8 Å². The van der Waals surface area contributed by atoms with Crippen LogP contribution in [0.2, 0.25) is 0 Å². The fourth-order valence-electron chi connectivity index (χ4n) is 2.70. The second kappa shape index (κ2) is 9.58. The number of methoxy groups -OCH3 is 1. The lowest BCUT2D eigenvalue weighted by atomic mass is 10.2. The largest absolute Gasteiger partial charge is 0.495 e. The first-order chi connectivity index (χ1) is 14.0. The molecule has 29 heavy (non-hydrogen) atoms. The van der Waals surface area contributed by atoms with E-state index in [4.69, 9.17) is 21.7 Å². The molecule has 1 aliphatic rings. The summed E-state index contributed by atoms with van der Waals surface area (Å²) < 4.78 is 11.0. The zero-order valence-electron chi connectivity index (χ0n) is 16.0. The van der Waals surface area contributed by atoms with Gasteiger partial charge in [-0.15, -0.1) is 0 Å². The van der Waals surface area contributed by atoms with Gasteiger partial charge in [0.05, 0.1) is 24.3 Å². The fourth-order valence-corrected chi connectivity index (χ4v) is 3.95. The number of thiocarbonyl (C=S) groups is 1. The highest BCUT2D eigenvalue weighted by Crippen LogP contribution is 2.33. The molecule has 0 unspecified atom stereocenters. The first-order valence-corrected chi connectivity index (χ1v) is 10.2. The Bertz CT molecular complexity index is 957. The van der Waals surface area contributed by atoms with E-state index in [-0.39, 0.29) is 18.4 Å². The number of carbonyl (C=O) groups excluding carboxylic acids is 2. The predicted octanol–water partition coefficient (Wildman–Crippen LogP) is 3.93. The summed E-state index contributed by atoms with van der Waals surface area (Å²) in [6.45, 7) is 2.35. The highest BCUT2D eigenvalue weighted by molar-refractivity contribution is 8.26. The van der Waals surface area contributed by atoms with Crippen LogP contribution in [0.5, 0.6) is 11.5 Å². The number of hydrogen-bond acceptors (Lipinski definition) is 6. The number of para-hydroxylation sites is 2. The van der Waals surface area contributed by atoms with Crippen molar-refractivity contribution in [2.75, 3.05) is 25.6 Å². The van der Waals surface area contributed by atoms with Crippen molar-refractivity contribution in [2.24, 2.45) is 0 Å². The summed E-state index contributed by atoms with van der Waals surface area (Å²) in [4.78, 5) is 26.9. The summed E-state index contributed by atoms with van der Waals surface area (Å²) in [7, 11) is 1.53. The van der Waals surface area contributed by atoms with Gasteiger partial charge in [-0.1, -0.05) is 48.2 Å². The molecule has 150 valence electrons. The van der Waals surface area contributed by atoms with E-state index in [1.807, 2.05) is 37.3 Å². The number of nitrogens with zero attached hydrogens (tertiary/aromatic N) is 1.